The molecule has 0 amide bonds. The molecule has 0 radical (unpaired) electrons. The number of benzene rings is 1. The van der Waals surface area contributed by atoms with Gasteiger partial charge in [0.15, 0.2) is 5.82 Å². The number of hydrogen-bond acceptors (Lipinski definition) is 4. The molecule has 2 aromatic heterocycles. The summed E-state index contributed by atoms with van der Waals surface area (Å²) in [6.07, 6.45) is 1.40. The van der Waals surface area contributed by atoms with E-state index < -0.39 is 5.97 Å². The molecule has 3 rings (SSSR count). The third-order valence-electron chi connectivity index (χ3n) is 3.24. The summed E-state index contributed by atoms with van der Waals surface area (Å²) in [5, 5.41) is 17.9. The van der Waals surface area contributed by atoms with Crippen LogP contribution in [0.4, 0.5) is 11.5 Å². The molecule has 0 fully saturated rings. The molecule has 0 saturated carbocycles. The Kier molecular flexibility index (Phi) is 4.08. The number of aryl methyl sites for hydroxylation is 1. The highest BCUT2D eigenvalue weighted by molar-refractivity contribution is 6.30. The lowest BCUT2D eigenvalue weighted by molar-refractivity contribution is -0.136. The first-order valence-electron chi connectivity index (χ1n) is 6.89. The molecule has 0 aliphatic carbocycles. The van der Waals surface area contributed by atoms with Gasteiger partial charge >= 0.3 is 5.97 Å². The second-order valence-corrected chi connectivity index (χ2v) is 5.50. The van der Waals surface area contributed by atoms with E-state index in [1.54, 1.807) is 22.7 Å². The Balaban J connectivity index is 2.07. The van der Waals surface area contributed by atoms with Crippen molar-refractivity contribution in [3.05, 3.63) is 58.9 Å². The van der Waals surface area contributed by atoms with Crippen LogP contribution in [-0.4, -0.2) is 20.5 Å². The number of aliphatic carboxylic acids is 1. The molecule has 0 saturated heterocycles. The third kappa shape index (κ3) is 3.37. The molecule has 7 heteroatoms. The summed E-state index contributed by atoms with van der Waals surface area (Å²) >= 11 is 6.00. The van der Waals surface area contributed by atoms with E-state index in [9.17, 15) is 4.79 Å². The van der Waals surface area contributed by atoms with Gasteiger partial charge in [-0.1, -0.05) is 29.3 Å². The molecule has 0 bridgehead atoms. The third-order valence-corrected chi connectivity index (χ3v) is 3.46. The van der Waals surface area contributed by atoms with Crippen LogP contribution < -0.4 is 0 Å². The number of rotatable bonds is 4. The standard InChI is InChI=1S/C16H13ClN4O2/c1-10-2-5-12(6-3-10)19-20-16-13(8-15(22)23)18-14-7-4-11(17)9-21(14)16/h2-7,9H,8H2,1H3,(H,22,23). The van der Waals surface area contributed by atoms with Gasteiger partial charge < -0.3 is 5.11 Å². The van der Waals surface area contributed by atoms with Gasteiger partial charge in [-0.15, -0.1) is 10.2 Å². The molecule has 23 heavy (non-hydrogen) atoms. The van der Waals surface area contributed by atoms with E-state index in [4.69, 9.17) is 16.7 Å². The summed E-state index contributed by atoms with van der Waals surface area (Å²) in [6, 6.07) is 10.9. The number of nitrogens with zero attached hydrogens (tertiary/aromatic N) is 4. The van der Waals surface area contributed by atoms with Gasteiger partial charge in [0.2, 0.25) is 0 Å². The highest BCUT2D eigenvalue weighted by atomic mass is 35.5. The van der Waals surface area contributed by atoms with Crippen molar-refractivity contribution >= 4 is 34.7 Å². The van der Waals surface area contributed by atoms with Crippen LogP contribution >= 0.6 is 11.6 Å². The number of aromatic nitrogens is 2. The quantitative estimate of drug-likeness (QED) is 0.723. The van der Waals surface area contributed by atoms with Crippen LogP contribution in [0.25, 0.3) is 5.65 Å². The van der Waals surface area contributed by atoms with Crippen molar-refractivity contribution in [2.75, 3.05) is 0 Å². The molecule has 0 aliphatic heterocycles. The van der Waals surface area contributed by atoms with Gasteiger partial charge in [-0.25, -0.2) is 4.98 Å². The molecular weight excluding hydrogens is 316 g/mol. The molecule has 0 spiro atoms. The Morgan fingerprint density at radius 3 is 2.65 bits per heavy atom. The van der Waals surface area contributed by atoms with Crippen molar-refractivity contribution in [3.63, 3.8) is 0 Å². The average molecular weight is 329 g/mol. The largest absolute Gasteiger partial charge is 0.481 e. The van der Waals surface area contributed by atoms with Crippen molar-refractivity contribution < 1.29 is 9.90 Å². The van der Waals surface area contributed by atoms with Crippen LogP contribution in [-0.2, 0) is 11.2 Å². The average Bonchev–Trinajstić information content (AvgIpc) is 2.82. The SMILES string of the molecule is Cc1ccc(N=Nc2c(CC(=O)O)nc3ccc(Cl)cn23)cc1. The number of hydrogen-bond donors (Lipinski definition) is 1. The summed E-state index contributed by atoms with van der Waals surface area (Å²) in [7, 11) is 0. The number of carboxylic acids is 1. The molecule has 1 N–H and O–H groups in total. The monoisotopic (exact) mass is 328 g/mol. The predicted molar refractivity (Wildman–Crippen MR) is 86.9 cm³/mol. The molecule has 0 aliphatic rings. The number of imidazole rings is 1. The Labute approximate surface area is 137 Å². The van der Waals surface area contributed by atoms with E-state index in [-0.39, 0.29) is 6.42 Å². The van der Waals surface area contributed by atoms with Gasteiger partial charge in [0.05, 0.1) is 22.8 Å². The fraction of sp³-hybridized carbons (Fsp3) is 0.125. The lowest BCUT2D eigenvalue weighted by Crippen LogP contribution is -2.00. The minimum Gasteiger partial charge on any atom is -0.481 e. The van der Waals surface area contributed by atoms with Gasteiger partial charge in [-0.2, -0.15) is 0 Å². The number of pyridine rings is 1. The number of fused-ring (bicyclic) bond motifs is 1. The fourth-order valence-electron chi connectivity index (χ4n) is 2.14. The lowest BCUT2D eigenvalue weighted by Gasteiger charge is -1.98. The van der Waals surface area contributed by atoms with Crippen molar-refractivity contribution in [2.45, 2.75) is 13.3 Å². The number of azo groups is 1. The van der Waals surface area contributed by atoms with Crippen molar-refractivity contribution in [1.82, 2.24) is 9.38 Å². The molecule has 0 unspecified atom stereocenters. The van der Waals surface area contributed by atoms with Crippen LogP contribution in [0.1, 0.15) is 11.3 Å². The zero-order valence-electron chi connectivity index (χ0n) is 12.3. The fourth-order valence-corrected chi connectivity index (χ4v) is 2.30. The maximum Gasteiger partial charge on any atom is 0.309 e. The molecule has 116 valence electrons. The van der Waals surface area contributed by atoms with Crippen molar-refractivity contribution in [1.29, 1.82) is 0 Å². The van der Waals surface area contributed by atoms with Gasteiger partial charge in [-0.05, 0) is 31.2 Å². The first kappa shape index (κ1) is 15.2. The van der Waals surface area contributed by atoms with Crippen molar-refractivity contribution in [2.24, 2.45) is 10.2 Å². The molecule has 0 atom stereocenters. The Bertz CT molecular complexity index is 900. The zero-order chi connectivity index (χ0) is 16.4. The second kappa shape index (κ2) is 6.18. The summed E-state index contributed by atoms with van der Waals surface area (Å²) in [4.78, 5) is 15.3. The van der Waals surface area contributed by atoms with E-state index in [0.29, 0.717) is 27.9 Å². The molecule has 2 heterocycles. The Morgan fingerprint density at radius 1 is 1.22 bits per heavy atom. The second-order valence-electron chi connectivity index (χ2n) is 5.06. The van der Waals surface area contributed by atoms with E-state index >= 15 is 0 Å². The summed E-state index contributed by atoms with van der Waals surface area (Å²) in [5.41, 5.74) is 2.71. The maximum absolute atomic E-state index is 11.0. The predicted octanol–water partition coefficient (Wildman–Crippen LogP) is 4.34. The highest BCUT2D eigenvalue weighted by Crippen LogP contribution is 2.26. The molecular formula is C16H13ClN4O2. The van der Waals surface area contributed by atoms with E-state index in [0.717, 1.165) is 5.56 Å². The Morgan fingerprint density at radius 2 is 1.96 bits per heavy atom. The van der Waals surface area contributed by atoms with Crippen LogP contribution in [0.15, 0.2) is 52.8 Å². The number of halogens is 1. The van der Waals surface area contributed by atoms with Crippen LogP contribution in [0, 0.1) is 6.92 Å². The smallest absolute Gasteiger partial charge is 0.309 e. The molecule has 6 nitrogen and oxygen atoms in total. The highest BCUT2D eigenvalue weighted by Gasteiger charge is 2.15. The molecule has 1 aromatic carbocycles. The maximum atomic E-state index is 11.0. The summed E-state index contributed by atoms with van der Waals surface area (Å²) in [5.74, 6) is -0.614. The van der Waals surface area contributed by atoms with Gasteiger partial charge in [0, 0.05) is 6.20 Å². The molecule has 3 aromatic rings. The van der Waals surface area contributed by atoms with Gasteiger partial charge in [0.25, 0.3) is 0 Å². The van der Waals surface area contributed by atoms with E-state index in [1.165, 1.54) is 0 Å². The Hall–Kier alpha value is -2.73. The van der Waals surface area contributed by atoms with Gasteiger partial charge in [0.1, 0.15) is 5.65 Å². The van der Waals surface area contributed by atoms with Crippen LogP contribution in [0.5, 0.6) is 0 Å². The first-order valence-corrected chi connectivity index (χ1v) is 7.27. The summed E-state index contributed by atoms with van der Waals surface area (Å²) in [6.45, 7) is 1.98. The van der Waals surface area contributed by atoms with Crippen molar-refractivity contribution in [3.8, 4) is 0 Å². The van der Waals surface area contributed by atoms with Crippen LogP contribution in [0.2, 0.25) is 5.02 Å². The minimum atomic E-state index is -0.980. The zero-order valence-corrected chi connectivity index (χ0v) is 13.0. The summed E-state index contributed by atoms with van der Waals surface area (Å²) < 4.78 is 1.64. The normalized spacial score (nSPS) is 11.4. The van der Waals surface area contributed by atoms with Gasteiger partial charge in [-0.3, -0.25) is 9.20 Å². The number of carbonyl (C=O) groups is 1. The topological polar surface area (TPSA) is 79.3 Å². The first-order chi connectivity index (χ1) is 11.0. The van der Waals surface area contributed by atoms with E-state index in [1.807, 2.05) is 31.2 Å². The van der Waals surface area contributed by atoms with Crippen LogP contribution in [0.3, 0.4) is 0 Å². The number of carboxylic acid groups (broad SMARTS) is 1. The van der Waals surface area contributed by atoms with E-state index in [2.05, 4.69) is 15.2 Å². The minimum absolute atomic E-state index is 0.235. The lowest BCUT2D eigenvalue weighted by atomic mass is 10.2.